The van der Waals surface area contributed by atoms with E-state index in [1.165, 1.54) is 24.0 Å². The molecule has 1 aliphatic rings. The molecule has 1 aliphatic carbocycles. The molecule has 0 N–H and O–H groups in total. The predicted molar refractivity (Wildman–Crippen MR) is 62.1 cm³/mol. The largest absolute Gasteiger partial charge is 0.123 e. The van der Waals surface area contributed by atoms with Gasteiger partial charge in [0.25, 0.3) is 0 Å². The first-order valence-electron chi connectivity index (χ1n) is 5.52. The monoisotopic (exact) mass is 208 g/mol. The normalized spacial score (nSPS) is 26.7. The van der Waals surface area contributed by atoms with Crippen molar-refractivity contribution in [2.75, 3.05) is 0 Å². The van der Waals surface area contributed by atoms with Crippen LogP contribution in [0.15, 0.2) is 24.3 Å². The Balaban J connectivity index is 2.15. The maximum Gasteiger partial charge on any atom is 0.0342 e. The Morgan fingerprint density at radius 3 is 2.86 bits per heavy atom. The van der Waals surface area contributed by atoms with Crippen LogP contribution in [-0.2, 0) is 6.42 Å². The molecule has 0 spiro atoms. The zero-order valence-electron chi connectivity index (χ0n) is 8.67. The van der Waals surface area contributed by atoms with Crippen LogP contribution in [0, 0.1) is 0 Å². The van der Waals surface area contributed by atoms with E-state index in [1.54, 1.807) is 0 Å². The van der Waals surface area contributed by atoms with Gasteiger partial charge in [0.1, 0.15) is 0 Å². The number of rotatable bonds is 2. The predicted octanol–water partition coefficient (Wildman–Crippen LogP) is 4.12. The minimum absolute atomic E-state index is 0.408. The quantitative estimate of drug-likeness (QED) is 0.642. The molecule has 0 saturated heterocycles. The summed E-state index contributed by atoms with van der Waals surface area (Å²) in [4.78, 5) is 0. The number of aryl methyl sites for hydroxylation is 1. The minimum atomic E-state index is 0.408. The third-order valence-corrected chi connectivity index (χ3v) is 3.60. The number of halogens is 1. The second kappa shape index (κ2) is 4.35. The van der Waals surface area contributed by atoms with Crippen LogP contribution in [-0.4, -0.2) is 5.38 Å². The Labute approximate surface area is 91.3 Å². The van der Waals surface area contributed by atoms with Crippen LogP contribution in [0.2, 0.25) is 0 Å². The van der Waals surface area contributed by atoms with Gasteiger partial charge in [0, 0.05) is 5.38 Å². The van der Waals surface area contributed by atoms with Crippen LogP contribution in [0.1, 0.15) is 43.2 Å². The lowest BCUT2D eigenvalue weighted by molar-refractivity contribution is 0.722. The second-order valence-electron chi connectivity index (χ2n) is 4.21. The first-order valence-corrected chi connectivity index (χ1v) is 5.96. The van der Waals surface area contributed by atoms with Gasteiger partial charge in [0.05, 0.1) is 0 Å². The highest BCUT2D eigenvalue weighted by atomic mass is 35.5. The maximum atomic E-state index is 6.13. The molecule has 76 valence electrons. The van der Waals surface area contributed by atoms with Crippen molar-refractivity contribution in [1.82, 2.24) is 0 Å². The van der Waals surface area contributed by atoms with E-state index in [2.05, 4.69) is 31.2 Å². The molecule has 14 heavy (non-hydrogen) atoms. The molecule has 2 rings (SSSR count). The van der Waals surface area contributed by atoms with Crippen molar-refractivity contribution in [3.8, 4) is 0 Å². The average Bonchev–Trinajstić information content (AvgIpc) is 2.65. The zero-order chi connectivity index (χ0) is 9.97. The fourth-order valence-corrected chi connectivity index (χ4v) is 2.64. The molecule has 2 atom stereocenters. The standard InChI is InChI=1S/C13H17Cl/c1-2-10-4-3-5-11(8-10)12-6-7-13(14)9-12/h3-5,8,12-13H,2,6-7,9H2,1H3. The van der Waals surface area contributed by atoms with Crippen LogP contribution < -0.4 is 0 Å². The minimum Gasteiger partial charge on any atom is -0.123 e. The molecule has 0 bridgehead atoms. The smallest absolute Gasteiger partial charge is 0.0342 e. The van der Waals surface area contributed by atoms with Gasteiger partial charge in [-0.2, -0.15) is 0 Å². The van der Waals surface area contributed by atoms with E-state index in [1.807, 2.05) is 0 Å². The summed E-state index contributed by atoms with van der Waals surface area (Å²) in [7, 11) is 0. The van der Waals surface area contributed by atoms with Crippen LogP contribution in [0.5, 0.6) is 0 Å². The molecule has 1 saturated carbocycles. The highest BCUT2D eigenvalue weighted by Crippen LogP contribution is 2.37. The third-order valence-electron chi connectivity index (χ3n) is 3.20. The summed E-state index contributed by atoms with van der Waals surface area (Å²) in [5, 5.41) is 0.408. The molecule has 1 aromatic rings. The number of hydrogen-bond acceptors (Lipinski definition) is 0. The molecular formula is C13H17Cl. The van der Waals surface area contributed by atoms with Crippen molar-refractivity contribution in [3.05, 3.63) is 35.4 Å². The molecular weight excluding hydrogens is 192 g/mol. The highest BCUT2D eigenvalue weighted by Gasteiger charge is 2.23. The summed E-state index contributed by atoms with van der Waals surface area (Å²) in [6.07, 6.45) is 4.74. The van der Waals surface area contributed by atoms with E-state index >= 15 is 0 Å². The van der Waals surface area contributed by atoms with Gasteiger partial charge in [-0.1, -0.05) is 31.2 Å². The topological polar surface area (TPSA) is 0 Å². The lowest BCUT2D eigenvalue weighted by Crippen LogP contribution is -1.95. The number of hydrogen-bond donors (Lipinski definition) is 0. The van der Waals surface area contributed by atoms with E-state index in [4.69, 9.17) is 11.6 Å². The number of benzene rings is 1. The molecule has 0 heterocycles. The van der Waals surface area contributed by atoms with Gasteiger partial charge in [0.2, 0.25) is 0 Å². The fourth-order valence-electron chi connectivity index (χ4n) is 2.30. The van der Waals surface area contributed by atoms with Gasteiger partial charge in [0.15, 0.2) is 0 Å². The lowest BCUT2D eigenvalue weighted by Gasteiger charge is -2.10. The molecule has 0 aliphatic heterocycles. The van der Waals surface area contributed by atoms with E-state index in [9.17, 15) is 0 Å². The third kappa shape index (κ3) is 2.12. The lowest BCUT2D eigenvalue weighted by atomic mass is 9.95. The highest BCUT2D eigenvalue weighted by molar-refractivity contribution is 6.20. The SMILES string of the molecule is CCc1cccc(C2CCC(Cl)C2)c1. The molecule has 1 aromatic carbocycles. The van der Waals surface area contributed by atoms with Gasteiger partial charge < -0.3 is 0 Å². The summed E-state index contributed by atoms with van der Waals surface area (Å²) in [6, 6.07) is 8.98. The van der Waals surface area contributed by atoms with Crippen molar-refractivity contribution in [2.45, 2.75) is 43.9 Å². The van der Waals surface area contributed by atoms with E-state index in [0.717, 1.165) is 12.8 Å². The average molecular weight is 209 g/mol. The molecule has 0 radical (unpaired) electrons. The maximum absolute atomic E-state index is 6.13. The van der Waals surface area contributed by atoms with Crippen LogP contribution in [0.3, 0.4) is 0 Å². The van der Waals surface area contributed by atoms with Gasteiger partial charge in [-0.3, -0.25) is 0 Å². The summed E-state index contributed by atoms with van der Waals surface area (Å²) in [5.74, 6) is 0.712. The Morgan fingerprint density at radius 1 is 1.36 bits per heavy atom. The van der Waals surface area contributed by atoms with Gasteiger partial charge >= 0.3 is 0 Å². The van der Waals surface area contributed by atoms with Crippen molar-refractivity contribution in [3.63, 3.8) is 0 Å². The van der Waals surface area contributed by atoms with Gasteiger partial charge in [-0.05, 0) is 42.7 Å². The zero-order valence-corrected chi connectivity index (χ0v) is 9.43. The van der Waals surface area contributed by atoms with Gasteiger partial charge in [-0.25, -0.2) is 0 Å². The molecule has 1 heteroatoms. The summed E-state index contributed by atoms with van der Waals surface area (Å²) < 4.78 is 0. The van der Waals surface area contributed by atoms with E-state index in [-0.39, 0.29) is 0 Å². The van der Waals surface area contributed by atoms with E-state index in [0.29, 0.717) is 11.3 Å². The second-order valence-corrected chi connectivity index (χ2v) is 4.82. The van der Waals surface area contributed by atoms with Crippen LogP contribution in [0.4, 0.5) is 0 Å². The molecule has 2 unspecified atom stereocenters. The van der Waals surface area contributed by atoms with E-state index < -0.39 is 0 Å². The summed E-state index contributed by atoms with van der Waals surface area (Å²) in [5.41, 5.74) is 2.94. The van der Waals surface area contributed by atoms with Gasteiger partial charge in [-0.15, -0.1) is 11.6 Å². The summed E-state index contributed by atoms with van der Waals surface area (Å²) in [6.45, 7) is 2.21. The Bertz CT molecular complexity index is 306. The van der Waals surface area contributed by atoms with Crippen LogP contribution >= 0.6 is 11.6 Å². The first kappa shape index (κ1) is 10.0. The number of alkyl halides is 1. The fraction of sp³-hybridized carbons (Fsp3) is 0.538. The van der Waals surface area contributed by atoms with Crippen molar-refractivity contribution >= 4 is 11.6 Å². The Morgan fingerprint density at radius 2 is 2.21 bits per heavy atom. The Kier molecular flexibility index (Phi) is 3.12. The van der Waals surface area contributed by atoms with Crippen molar-refractivity contribution < 1.29 is 0 Å². The summed E-state index contributed by atoms with van der Waals surface area (Å²) >= 11 is 6.13. The van der Waals surface area contributed by atoms with Crippen molar-refractivity contribution in [1.29, 1.82) is 0 Å². The van der Waals surface area contributed by atoms with Crippen molar-refractivity contribution in [2.24, 2.45) is 0 Å². The molecule has 0 aromatic heterocycles. The molecule has 0 nitrogen and oxygen atoms in total. The molecule has 1 fully saturated rings. The first-order chi connectivity index (χ1) is 6.79. The van der Waals surface area contributed by atoms with Crippen LogP contribution in [0.25, 0.3) is 0 Å². The Hall–Kier alpha value is -0.490. The molecule has 0 amide bonds.